The van der Waals surface area contributed by atoms with E-state index in [1.807, 2.05) is 22.8 Å². The molecule has 9 heteroatoms. The summed E-state index contributed by atoms with van der Waals surface area (Å²) in [6.45, 7) is 0.829. The van der Waals surface area contributed by atoms with Crippen molar-refractivity contribution in [3.05, 3.63) is 66.6 Å². The molecule has 0 spiro atoms. The molecule has 1 N–H and O–H groups in total. The summed E-state index contributed by atoms with van der Waals surface area (Å²) in [6, 6.07) is 9.67. The fourth-order valence-corrected chi connectivity index (χ4v) is 3.78. The van der Waals surface area contributed by atoms with E-state index < -0.39 is 17.7 Å². The molecule has 30 heavy (non-hydrogen) atoms. The maximum Gasteiger partial charge on any atom is 0.321 e. The normalized spacial score (nSPS) is 16.3. The number of pyridine rings is 1. The van der Waals surface area contributed by atoms with Crippen LogP contribution in [-0.2, 0) is 0 Å². The summed E-state index contributed by atoms with van der Waals surface area (Å²) >= 11 is 0. The smallest absolute Gasteiger partial charge is 0.321 e. The molecular formula is C21H17F2N5O2. The molecule has 7 nitrogen and oxygen atoms in total. The fourth-order valence-electron chi connectivity index (χ4n) is 3.78. The largest absolute Gasteiger partial charge is 0.461 e. The molecule has 1 aromatic carbocycles. The first-order chi connectivity index (χ1) is 14.6. The van der Waals surface area contributed by atoms with Gasteiger partial charge in [-0.25, -0.2) is 23.5 Å². The van der Waals surface area contributed by atoms with Gasteiger partial charge in [-0.05, 0) is 42.8 Å². The van der Waals surface area contributed by atoms with Gasteiger partial charge in [-0.3, -0.25) is 0 Å². The number of carbonyl (C=O) groups excluding carboxylic acids is 1. The van der Waals surface area contributed by atoms with Crippen LogP contribution >= 0.6 is 0 Å². The molecule has 5 rings (SSSR count). The lowest BCUT2D eigenvalue weighted by molar-refractivity contribution is 0.221. The van der Waals surface area contributed by atoms with E-state index in [0.29, 0.717) is 36.7 Å². The highest BCUT2D eigenvalue weighted by Gasteiger charge is 2.31. The number of fused-ring (bicyclic) bond motifs is 1. The van der Waals surface area contributed by atoms with E-state index in [2.05, 4.69) is 15.3 Å². The number of hydrogen-bond donors (Lipinski definition) is 1. The molecule has 0 unspecified atom stereocenters. The predicted octanol–water partition coefficient (Wildman–Crippen LogP) is 4.45. The molecular weight excluding hydrogens is 392 g/mol. The maximum absolute atomic E-state index is 13.9. The molecule has 3 aromatic heterocycles. The van der Waals surface area contributed by atoms with Crippen LogP contribution in [0.25, 0.3) is 22.7 Å². The first-order valence-electron chi connectivity index (χ1n) is 9.48. The molecule has 1 aliphatic rings. The number of nitrogens with one attached hydrogen (secondary N) is 1. The van der Waals surface area contributed by atoms with Gasteiger partial charge in [0.25, 0.3) is 0 Å². The molecule has 0 bridgehead atoms. The van der Waals surface area contributed by atoms with Gasteiger partial charge in [-0.15, -0.1) is 0 Å². The monoisotopic (exact) mass is 409 g/mol. The molecule has 1 atom stereocenters. The average Bonchev–Trinajstić information content (AvgIpc) is 3.49. The zero-order valence-corrected chi connectivity index (χ0v) is 15.8. The van der Waals surface area contributed by atoms with Crippen LogP contribution in [0.15, 0.2) is 59.3 Å². The summed E-state index contributed by atoms with van der Waals surface area (Å²) in [5.74, 6) is -0.0645. The molecule has 1 saturated heterocycles. The number of likely N-dealkylation sites (tertiary alicyclic amines) is 1. The van der Waals surface area contributed by atoms with Gasteiger partial charge >= 0.3 is 6.03 Å². The van der Waals surface area contributed by atoms with Crippen molar-refractivity contribution in [2.45, 2.75) is 12.5 Å². The van der Waals surface area contributed by atoms with Crippen LogP contribution in [0.1, 0.15) is 12.5 Å². The Morgan fingerprint density at radius 3 is 2.93 bits per heavy atom. The van der Waals surface area contributed by atoms with E-state index in [0.717, 1.165) is 23.7 Å². The lowest BCUT2D eigenvalue weighted by Crippen LogP contribution is -2.33. The Labute approximate surface area is 170 Å². The molecule has 0 saturated carbocycles. The highest BCUT2D eigenvalue weighted by Crippen LogP contribution is 2.32. The lowest BCUT2D eigenvalue weighted by Gasteiger charge is -2.19. The minimum Gasteiger partial charge on any atom is -0.461 e. The van der Waals surface area contributed by atoms with Gasteiger partial charge in [0.05, 0.1) is 18.0 Å². The van der Waals surface area contributed by atoms with Crippen LogP contribution < -0.4 is 5.32 Å². The van der Waals surface area contributed by atoms with Gasteiger partial charge in [-0.2, -0.15) is 0 Å². The third-order valence-corrected chi connectivity index (χ3v) is 5.18. The number of benzene rings is 1. The molecule has 152 valence electrons. The van der Waals surface area contributed by atoms with Gasteiger partial charge in [-0.1, -0.05) is 0 Å². The van der Waals surface area contributed by atoms with E-state index in [1.165, 1.54) is 0 Å². The summed E-state index contributed by atoms with van der Waals surface area (Å²) in [6.07, 6.45) is 3.93. The van der Waals surface area contributed by atoms with Crippen LogP contribution in [0.3, 0.4) is 0 Å². The Morgan fingerprint density at radius 2 is 2.10 bits per heavy atom. The predicted molar refractivity (Wildman–Crippen MR) is 106 cm³/mol. The number of amides is 2. The summed E-state index contributed by atoms with van der Waals surface area (Å²) in [4.78, 5) is 23.3. The van der Waals surface area contributed by atoms with Crippen molar-refractivity contribution in [3.63, 3.8) is 0 Å². The van der Waals surface area contributed by atoms with Crippen LogP contribution in [-0.4, -0.2) is 38.6 Å². The van der Waals surface area contributed by atoms with Crippen molar-refractivity contribution in [2.75, 3.05) is 18.4 Å². The summed E-state index contributed by atoms with van der Waals surface area (Å²) < 4.78 is 34.8. The fraction of sp³-hybridized carbons (Fsp3) is 0.190. The number of anilines is 1. The Balaban J connectivity index is 1.42. The van der Waals surface area contributed by atoms with Crippen molar-refractivity contribution in [2.24, 2.45) is 0 Å². The zero-order chi connectivity index (χ0) is 20.7. The van der Waals surface area contributed by atoms with Crippen LogP contribution in [0, 0.1) is 11.6 Å². The number of furan rings is 1. The number of carbonyl (C=O) groups is 1. The third-order valence-electron chi connectivity index (χ3n) is 5.18. The Hall–Kier alpha value is -3.75. The Bertz CT molecular complexity index is 1220. The number of hydrogen-bond acceptors (Lipinski definition) is 4. The van der Waals surface area contributed by atoms with E-state index in [-0.39, 0.29) is 11.7 Å². The van der Waals surface area contributed by atoms with Gasteiger partial charge in [0.2, 0.25) is 0 Å². The number of nitrogens with zero attached hydrogens (tertiary/aromatic N) is 4. The Morgan fingerprint density at radius 1 is 1.20 bits per heavy atom. The van der Waals surface area contributed by atoms with E-state index in [4.69, 9.17) is 4.42 Å². The second-order valence-electron chi connectivity index (χ2n) is 7.07. The lowest BCUT2D eigenvalue weighted by atomic mass is 10.2. The molecule has 2 amide bonds. The maximum atomic E-state index is 13.9. The topological polar surface area (TPSA) is 76.2 Å². The minimum atomic E-state index is -0.689. The van der Waals surface area contributed by atoms with Crippen molar-refractivity contribution >= 4 is 22.9 Å². The number of halogens is 2. The number of urea groups is 1. The van der Waals surface area contributed by atoms with Gasteiger partial charge in [0.15, 0.2) is 17.2 Å². The molecule has 4 aromatic rings. The summed E-state index contributed by atoms with van der Waals surface area (Å²) in [5.41, 5.74) is 1.25. The molecule has 1 fully saturated rings. The molecule has 4 heterocycles. The average molecular weight is 409 g/mol. The van der Waals surface area contributed by atoms with E-state index in [1.54, 1.807) is 23.4 Å². The van der Waals surface area contributed by atoms with Gasteiger partial charge in [0, 0.05) is 25.4 Å². The Kier molecular flexibility index (Phi) is 4.42. The molecule has 0 radical (unpaired) electrons. The zero-order valence-electron chi connectivity index (χ0n) is 15.8. The van der Waals surface area contributed by atoms with Gasteiger partial charge in [0.1, 0.15) is 17.2 Å². The molecule has 1 aliphatic heterocycles. The number of rotatable bonds is 3. The SMILES string of the molecule is O=C(Nc1cc(F)ccc1F)N1CC[C@@H](n2c(-c3ccco3)nc3cccnc32)C1. The van der Waals surface area contributed by atoms with Crippen molar-refractivity contribution in [3.8, 4) is 11.6 Å². The first kappa shape index (κ1) is 18.3. The minimum absolute atomic E-state index is 0.0897. The third kappa shape index (κ3) is 3.18. The van der Waals surface area contributed by atoms with Crippen LogP contribution in [0.4, 0.5) is 19.3 Å². The number of aromatic nitrogens is 3. The standard InChI is InChI=1S/C21H17F2N5O2/c22-13-5-6-15(23)17(11-13)26-21(29)27-9-7-14(12-27)28-19-16(3-1-8-24-19)25-20(28)18-4-2-10-30-18/h1-6,8,10-11,14H,7,9,12H2,(H,26,29)/t14-/m1/s1. The van der Waals surface area contributed by atoms with Crippen molar-refractivity contribution < 1.29 is 18.0 Å². The highest BCUT2D eigenvalue weighted by molar-refractivity contribution is 5.89. The quantitative estimate of drug-likeness (QED) is 0.543. The second kappa shape index (κ2) is 7.25. The van der Waals surface area contributed by atoms with Gasteiger partial charge < -0.3 is 19.2 Å². The van der Waals surface area contributed by atoms with Crippen LogP contribution in [0.2, 0.25) is 0 Å². The van der Waals surface area contributed by atoms with E-state index >= 15 is 0 Å². The van der Waals surface area contributed by atoms with Crippen molar-refractivity contribution in [1.82, 2.24) is 19.4 Å². The van der Waals surface area contributed by atoms with E-state index in [9.17, 15) is 13.6 Å². The van der Waals surface area contributed by atoms with Crippen molar-refractivity contribution in [1.29, 1.82) is 0 Å². The highest BCUT2D eigenvalue weighted by atomic mass is 19.1. The summed E-state index contributed by atoms with van der Waals surface area (Å²) in [7, 11) is 0. The molecule has 0 aliphatic carbocycles. The second-order valence-corrected chi connectivity index (χ2v) is 7.07. The number of imidazole rings is 1. The first-order valence-corrected chi connectivity index (χ1v) is 9.48. The van der Waals surface area contributed by atoms with Crippen LogP contribution in [0.5, 0.6) is 0 Å². The summed E-state index contributed by atoms with van der Waals surface area (Å²) in [5, 5.41) is 2.45.